The van der Waals surface area contributed by atoms with Gasteiger partial charge in [0.05, 0.1) is 6.20 Å². The molecule has 0 aliphatic carbocycles. The summed E-state index contributed by atoms with van der Waals surface area (Å²) in [5.74, 6) is 1.70. The minimum atomic E-state index is 0.0785. The van der Waals surface area contributed by atoms with E-state index in [0.29, 0.717) is 11.4 Å². The van der Waals surface area contributed by atoms with E-state index in [2.05, 4.69) is 37.2 Å². The Morgan fingerprint density at radius 1 is 1.23 bits per heavy atom. The van der Waals surface area contributed by atoms with E-state index in [1.807, 2.05) is 12.1 Å². The fourth-order valence-electron chi connectivity index (χ4n) is 3.44. The Bertz CT molecular complexity index is 862. The summed E-state index contributed by atoms with van der Waals surface area (Å²) in [4.78, 5) is 6.66. The Morgan fingerprint density at radius 2 is 2.15 bits per heavy atom. The molecule has 0 saturated carbocycles. The van der Waals surface area contributed by atoms with E-state index in [9.17, 15) is 5.11 Å². The number of nitrogens with one attached hydrogen (secondary N) is 1. The van der Waals surface area contributed by atoms with Gasteiger partial charge in [-0.2, -0.15) is 5.10 Å². The van der Waals surface area contributed by atoms with Crippen molar-refractivity contribution in [1.29, 1.82) is 0 Å². The number of aromatic hydroxyl groups is 1. The molecule has 7 heteroatoms. The minimum Gasteiger partial charge on any atom is -0.506 e. The highest BCUT2D eigenvalue weighted by Crippen LogP contribution is 2.30. The van der Waals surface area contributed by atoms with Crippen molar-refractivity contribution in [2.45, 2.75) is 26.2 Å². The van der Waals surface area contributed by atoms with Crippen LogP contribution >= 0.6 is 0 Å². The van der Waals surface area contributed by atoms with Crippen LogP contribution in [0.4, 0.5) is 5.82 Å². The van der Waals surface area contributed by atoms with Gasteiger partial charge in [-0.05, 0) is 37.0 Å². The van der Waals surface area contributed by atoms with Crippen molar-refractivity contribution in [3.8, 4) is 28.3 Å². The molecule has 1 unspecified atom stereocenters. The monoisotopic (exact) mass is 350 g/mol. The third-order valence-electron chi connectivity index (χ3n) is 5.01. The number of hydrogen-bond donors (Lipinski definition) is 2. The lowest BCUT2D eigenvalue weighted by Gasteiger charge is -2.32. The number of nitrogens with zero attached hydrogens (tertiary/aromatic N) is 5. The SMILES string of the molecule is CCC1CCCN(c2ccc(-c3ncc(-c4cn[nH]c4)cc3O)nn2)C1. The third-order valence-corrected chi connectivity index (χ3v) is 5.01. The topological polar surface area (TPSA) is 90.8 Å². The zero-order valence-electron chi connectivity index (χ0n) is 14.8. The van der Waals surface area contributed by atoms with Gasteiger partial charge in [0.2, 0.25) is 0 Å². The fourth-order valence-corrected chi connectivity index (χ4v) is 3.44. The Kier molecular flexibility index (Phi) is 4.51. The predicted molar refractivity (Wildman–Crippen MR) is 99.7 cm³/mol. The van der Waals surface area contributed by atoms with Crippen LogP contribution in [0.15, 0.2) is 36.8 Å². The van der Waals surface area contributed by atoms with Gasteiger partial charge in [0, 0.05) is 36.6 Å². The van der Waals surface area contributed by atoms with Crippen LogP contribution in [0.1, 0.15) is 26.2 Å². The number of hydrogen-bond acceptors (Lipinski definition) is 6. The molecule has 0 bridgehead atoms. The minimum absolute atomic E-state index is 0.0785. The molecule has 2 N–H and O–H groups in total. The Hall–Kier alpha value is -2.96. The second-order valence-corrected chi connectivity index (χ2v) is 6.72. The Labute approximate surface area is 152 Å². The highest BCUT2D eigenvalue weighted by Gasteiger charge is 2.20. The lowest BCUT2D eigenvalue weighted by Crippen LogP contribution is -2.35. The van der Waals surface area contributed by atoms with E-state index < -0.39 is 0 Å². The number of piperidine rings is 1. The van der Waals surface area contributed by atoms with E-state index in [1.165, 1.54) is 19.3 Å². The summed E-state index contributed by atoms with van der Waals surface area (Å²) in [6.45, 7) is 4.30. The van der Waals surface area contributed by atoms with Gasteiger partial charge in [0.15, 0.2) is 5.82 Å². The van der Waals surface area contributed by atoms with E-state index in [4.69, 9.17) is 0 Å². The van der Waals surface area contributed by atoms with E-state index in [0.717, 1.165) is 36.0 Å². The maximum atomic E-state index is 10.4. The summed E-state index contributed by atoms with van der Waals surface area (Å²) in [6.07, 6.45) is 8.83. The maximum Gasteiger partial charge on any atom is 0.151 e. The average Bonchev–Trinajstić information content (AvgIpc) is 3.23. The number of rotatable bonds is 4. The normalized spacial score (nSPS) is 17.4. The smallest absolute Gasteiger partial charge is 0.151 e. The summed E-state index contributed by atoms with van der Waals surface area (Å²) in [5, 5.41) is 25.7. The van der Waals surface area contributed by atoms with E-state index in [-0.39, 0.29) is 5.75 Å². The van der Waals surface area contributed by atoms with Crippen molar-refractivity contribution in [3.63, 3.8) is 0 Å². The molecular formula is C19H22N6O. The van der Waals surface area contributed by atoms with Crippen LogP contribution in [0, 0.1) is 5.92 Å². The molecule has 0 amide bonds. The molecule has 3 aromatic rings. The zero-order valence-corrected chi connectivity index (χ0v) is 14.8. The molecule has 134 valence electrons. The van der Waals surface area contributed by atoms with Crippen LogP contribution in [-0.4, -0.2) is 43.6 Å². The van der Waals surface area contributed by atoms with Crippen LogP contribution in [0.5, 0.6) is 5.75 Å². The van der Waals surface area contributed by atoms with Crippen LogP contribution in [-0.2, 0) is 0 Å². The van der Waals surface area contributed by atoms with Crippen LogP contribution < -0.4 is 4.90 Å². The molecular weight excluding hydrogens is 328 g/mol. The number of anilines is 1. The first-order chi connectivity index (χ1) is 12.7. The fraction of sp³-hybridized carbons (Fsp3) is 0.368. The zero-order chi connectivity index (χ0) is 17.9. The first-order valence-electron chi connectivity index (χ1n) is 9.02. The molecule has 1 aliphatic rings. The van der Waals surface area contributed by atoms with Crippen molar-refractivity contribution in [3.05, 3.63) is 36.8 Å². The quantitative estimate of drug-likeness (QED) is 0.750. The summed E-state index contributed by atoms with van der Waals surface area (Å²) in [6, 6.07) is 5.50. The van der Waals surface area contributed by atoms with Gasteiger partial charge in [-0.1, -0.05) is 13.3 Å². The van der Waals surface area contributed by atoms with E-state index in [1.54, 1.807) is 24.7 Å². The molecule has 1 aliphatic heterocycles. The van der Waals surface area contributed by atoms with Gasteiger partial charge >= 0.3 is 0 Å². The van der Waals surface area contributed by atoms with Gasteiger partial charge in [-0.25, -0.2) is 4.98 Å². The molecule has 0 radical (unpaired) electrons. The first-order valence-corrected chi connectivity index (χ1v) is 9.02. The van der Waals surface area contributed by atoms with Gasteiger partial charge in [0.1, 0.15) is 17.1 Å². The summed E-state index contributed by atoms with van der Waals surface area (Å²) >= 11 is 0. The Morgan fingerprint density at radius 3 is 2.85 bits per heavy atom. The molecule has 1 saturated heterocycles. The molecule has 26 heavy (non-hydrogen) atoms. The van der Waals surface area contributed by atoms with Gasteiger partial charge in [-0.3, -0.25) is 5.10 Å². The molecule has 4 heterocycles. The Balaban J connectivity index is 1.55. The standard InChI is InChI=1S/C19H22N6O/c1-2-13-4-3-7-25(12-13)18-6-5-16(23-24-18)19-17(26)8-14(9-20-19)15-10-21-22-11-15/h5-6,8-11,13,26H,2-4,7,12H2,1H3,(H,21,22). The van der Waals surface area contributed by atoms with Crippen molar-refractivity contribution < 1.29 is 5.11 Å². The molecule has 7 nitrogen and oxygen atoms in total. The first kappa shape index (κ1) is 16.5. The van der Waals surface area contributed by atoms with E-state index >= 15 is 0 Å². The second kappa shape index (κ2) is 7.11. The third kappa shape index (κ3) is 3.24. The molecule has 0 aromatic carbocycles. The van der Waals surface area contributed by atoms with Gasteiger partial charge in [0.25, 0.3) is 0 Å². The predicted octanol–water partition coefficient (Wildman–Crippen LogP) is 3.26. The van der Waals surface area contributed by atoms with Crippen LogP contribution in [0.25, 0.3) is 22.5 Å². The molecule has 1 fully saturated rings. The van der Waals surface area contributed by atoms with Crippen molar-refractivity contribution in [2.24, 2.45) is 5.92 Å². The number of pyridine rings is 1. The van der Waals surface area contributed by atoms with Gasteiger partial charge in [-0.15, -0.1) is 10.2 Å². The summed E-state index contributed by atoms with van der Waals surface area (Å²) in [7, 11) is 0. The number of aromatic amines is 1. The van der Waals surface area contributed by atoms with Crippen molar-refractivity contribution >= 4 is 5.82 Å². The van der Waals surface area contributed by atoms with Gasteiger partial charge < -0.3 is 10.0 Å². The van der Waals surface area contributed by atoms with Crippen molar-refractivity contribution in [1.82, 2.24) is 25.4 Å². The highest BCUT2D eigenvalue weighted by molar-refractivity contribution is 5.69. The molecule has 3 aromatic heterocycles. The summed E-state index contributed by atoms with van der Waals surface area (Å²) < 4.78 is 0. The molecule has 1 atom stereocenters. The number of H-pyrrole nitrogens is 1. The molecule has 4 rings (SSSR count). The summed E-state index contributed by atoms with van der Waals surface area (Å²) in [5.41, 5.74) is 2.66. The lowest BCUT2D eigenvalue weighted by molar-refractivity contribution is 0.402. The number of aromatic nitrogens is 5. The van der Waals surface area contributed by atoms with Crippen LogP contribution in [0.2, 0.25) is 0 Å². The largest absolute Gasteiger partial charge is 0.506 e. The lowest BCUT2D eigenvalue weighted by atomic mass is 9.96. The maximum absolute atomic E-state index is 10.4. The average molecular weight is 350 g/mol. The second-order valence-electron chi connectivity index (χ2n) is 6.72. The van der Waals surface area contributed by atoms with Crippen LogP contribution in [0.3, 0.4) is 0 Å². The molecule has 0 spiro atoms. The highest BCUT2D eigenvalue weighted by atomic mass is 16.3. The van der Waals surface area contributed by atoms with Crippen molar-refractivity contribution in [2.75, 3.05) is 18.0 Å².